The average molecular weight is 550 g/mol. The Hall–Kier alpha value is -3.17. The third kappa shape index (κ3) is 6.22. The summed E-state index contributed by atoms with van der Waals surface area (Å²) in [7, 11) is -4.73. The Bertz CT molecular complexity index is 1370. The number of nitrogens with one attached hydrogen (secondary N) is 1. The molecule has 0 saturated carbocycles. The second-order valence-corrected chi connectivity index (χ2v) is 10.0. The fraction of sp³-hybridized carbons (Fsp3) is 0.364. The number of hydrogen-bond acceptors (Lipinski definition) is 6. The molecule has 0 amide bonds. The van der Waals surface area contributed by atoms with Crippen LogP contribution >= 0.6 is 0 Å². The molecule has 3 aromatic rings. The lowest BCUT2D eigenvalue weighted by atomic mass is 9.89. The molecule has 0 bridgehead atoms. The van der Waals surface area contributed by atoms with Crippen molar-refractivity contribution in [3.8, 4) is 22.9 Å². The molecule has 1 aromatic carbocycles. The maximum absolute atomic E-state index is 12.8. The predicted molar refractivity (Wildman–Crippen MR) is 118 cm³/mol. The van der Waals surface area contributed by atoms with E-state index in [1.165, 1.54) is 41.3 Å². The maximum atomic E-state index is 12.8. The molecular weight excluding hydrogens is 530 g/mol. The van der Waals surface area contributed by atoms with Crippen LogP contribution in [0, 0.1) is 0 Å². The third-order valence-corrected chi connectivity index (χ3v) is 6.84. The van der Waals surface area contributed by atoms with Crippen LogP contribution in [0.2, 0.25) is 0 Å². The highest BCUT2D eigenvalue weighted by molar-refractivity contribution is 7.89. The molecule has 1 aliphatic heterocycles. The van der Waals surface area contributed by atoms with Gasteiger partial charge in [0.1, 0.15) is 11.3 Å². The van der Waals surface area contributed by atoms with Crippen molar-refractivity contribution in [2.24, 2.45) is 0 Å². The topological polar surface area (TPSA) is 95.3 Å². The van der Waals surface area contributed by atoms with E-state index in [0.29, 0.717) is 17.8 Å². The van der Waals surface area contributed by atoms with Crippen LogP contribution in [0.3, 0.4) is 0 Å². The van der Waals surface area contributed by atoms with E-state index < -0.39 is 39.2 Å². The van der Waals surface area contributed by atoms with Crippen molar-refractivity contribution in [1.82, 2.24) is 19.5 Å². The van der Waals surface area contributed by atoms with Crippen LogP contribution in [0.25, 0.3) is 11.3 Å². The zero-order chi connectivity index (χ0) is 27.1. The molecule has 1 saturated heterocycles. The quantitative estimate of drug-likeness (QED) is 0.416. The van der Waals surface area contributed by atoms with Crippen molar-refractivity contribution in [2.45, 2.75) is 31.4 Å². The van der Waals surface area contributed by atoms with Crippen LogP contribution in [0.5, 0.6) is 11.6 Å². The highest BCUT2D eigenvalue weighted by Gasteiger charge is 2.47. The molecule has 15 heteroatoms. The van der Waals surface area contributed by atoms with Gasteiger partial charge in [0, 0.05) is 30.6 Å². The number of halogens is 6. The van der Waals surface area contributed by atoms with Gasteiger partial charge in [-0.3, -0.25) is 4.98 Å². The Morgan fingerprint density at radius 2 is 1.76 bits per heavy atom. The minimum Gasteiger partial charge on any atom is -0.439 e. The second-order valence-electron chi connectivity index (χ2n) is 8.32. The zero-order valence-electron chi connectivity index (χ0n) is 19.1. The minimum absolute atomic E-state index is 0.144. The first-order valence-corrected chi connectivity index (χ1v) is 12.4. The number of nitrogens with zero attached hydrogens (tertiary/aromatic N) is 3. The lowest BCUT2D eigenvalue weighted by Crippen LogP contribution is -2.60. The molecule has 1 fully saturated rings. The summed E-state index contributed by atoms with van der Waals surface area (Å²) >= 11 is 0. The standard InChI is InChI=1S/C22H20F6N4O4S/c1-2-32-19(36-17-5-3-15(4-6-17)22(26,27)28)8-18(30-32)14-7-16(10-29-9-14)20(11-35-12-20)31-37(33,34)13-21(23,24)25/h3-10,31H,2,11-13H2,1H3. The molecule has 0 spiro atoms. The van der Waals surface area contributed by atoms with E-state index in [1.54, 1.807) is 6.92 Å². The van der Waals surface area contributed by atoms with Crippen LogP contribution in [0.1, 0.15) is 18.1 Å². The number of hydrogen-bond donors (Lipinski definition) is 1. The lowest BCUT2D eigenvalue weighted by Gasteiger charge is -2.42. The van der Waals surface area contributed by atoms with E-state index in [-0.39, 0.29) is 30.4 Å². The van der Waals surface area contributed by atoms with Gasteiger partial charge in [-0.1, -0.05) is 0 Å². The van der Waals surface area contributed by atoms with Crippen LogP contribution in [-0.4, -0.2) is 48.3 Å². The average Bonchev–Trinajstić information content (AvgIpc) is 3.17. The Morgan fingerprint density at radius 1 is 1.08 bits per heavy atom. The van der Waals surface area contributed by atoms with Crippen molar-refractivity contribution in [3.05, 3.63) is 59.9 Å². The van der Waals surface area contributed by atoms with Gasteiger partial charge in [0.15, 0.2) is 5.75 Å². The smallest absolute Gasteiger partial charge is 0.416 e. The molecule has 1 N–H and O–H groups in total. The SMILES string of the molecule is CCn1nc(-c2cncc(C3(NS(=O)(=O)CC(F)(F)F)COC3)c2)cc1Oc1ccc(C(F)(F)F)cc1. The van der Waals surface area contributed by atoms with Gasteiger partial charge in [0.05, 0.1) is 24.5 Å². The Balaban J connectivity index is 1.60. The van der Waals surface area contributed by atoms with Gasteiger partial charge in [-0.25, -0.2) is 13.1 Å². The number of alkyl halides is 6. The monoisotopic (exact) mass is 550 g/mol. The van der Waals surface area contributed by atoms with Crippen LogP contribution in [0.4, 0.5) is 26.3 Å². The fourth-order valence-corrected chi connectivity index (χ4v) is 5.00. The van der Waals surface area contributed by atoms with Gasteiger partial charge in [-0.2, -0.15) is 36.2 Å². The van der Waals surface area contributed by atoms with E-state index in [9.17, 15) is 34.8 Å². The van der Waals surface area contributed by atoms with Gasteiger partial charge in [0.2, 0.25) is 15.9 Å². The number of aryl methyl sites for hydroxylation is 1. The second kappa shape index (κ2) is 9.61. The van der Waals surface area contributed by atoms with Crippen molar-refractivity contribution in [1.29, 1.82) is 0 Å². The molecule has 8 nitrogen and oxygen atoms in total. The minimum atomic E-state index is -4.92. The Kier molecular flexibility index (Phi) is 6.98. The van der Waals surface area contributed by atoms with E-state index >= 15 is 0 Å². The molecule has 4 rings (SSSR count). The normalized spacial score (nSPS) is 15.9. The van der Waals surface area contributed by atoms with E-state index in [0.717, 1.165) is 12.1 Å². The van der Waals surface area contributed by atoms with Gasteiger partial charge >= 0.3 is 12.4 Å². The van der Waals surface area contributed by atoms with Crippen LogP contribution < -0.4 is 9.46 Å². The first-order chi connectivity index (χ1) is 17.2. The van der Waals surface area contributed by atoms with Crippen molar-refractivity contribution in [2.75, 3.05) is 19.0 Å². The third-order valence-electron chi connectivity index (χ3n) is 5.43. The van der Waals surface area contributed by atoms with Crippen LogP contribution in [0.15, 0.2) is 48.8 Å². The molecular formula is C22H20F6N4O4S. The lowest BCUT2D eigenvalue weighted by molar-refractivity contribution is -0.137. The molecule has 200 valence electrons. The first-order valence-electron chi connectivity index (χ1n) is 10.7. The molecule has 0 radical (unpaired) electrons. The number of sulfonamides is 1. The maximum Gasteiger partial charge on any atom is 0.416 e. The van der Waals surface area contributed by atoms with Crippen LogP contribution in [-0.2, 0) is 33.0 Å². The van der Waals surface area contributed by atoms with E-state index in [2.05, 4.69) is 14.8 Å². The summed E-state index contributed by atoms with van der Waals surface area (Å²) in [6.45, 7) is 1.72. The largest absolute Gasteiger partial charge is 0.439 e. The van der Waals surface area contributed by atoms with E-state index in [4.69, 9.17) is 9.47 Å². The summed E-state index contributed by atoms with van der Waals surface area (Å²) in [5.74, 6) is -1.68. The highest BCUT2D eigenvalue weighted by Crippen LogP contribution is 2.35. The predicted octanol–water partition coefficient (Wildman–Crippen LogP) is 4.48. The highest BCUT2D eigenvalue weighted by atomic mass is 32.2. The molecule has 3 heterocycles. The van der Waals surface area contributed by atoms with Crippen molar-refractivity contribution in [3.63, 3.8) is 0 Å². The number of rotatable bonds is 8. The number of aromatic nitrogens is 3. The summed E-state index contributed by atoms with van der Waals surface area (Å²) in [5, 5.41) is 4.39. The Morgan fingerprint density at radius 3 is 2.30 bits per heavy atom. The number of benzene rings is 1. The van der Waals surface area contributed by atoms with Gasteiger partial charge in [-0.15, -0.1) is 0 Å². The van der Waals surface area contributed by atoms with E-state index in [1.807, 2.05) is 0 Å². The van der Waals surface area contributed by atoms with Gasteiger partial charge in [0.25, 0.3) is 0 Å². The molecule has 2 aromatic heterocycles. The summed E-state index contributed by atoms with van der Waals surface area (Å²) in [5.41, 5.74) is -1.24. The van der Waals surface area contributed by atoms with Gasteiger partial charge in [-0.05, 0) is 42.8 Å². The summed E-state index contributed by atoms with van der Waals surface area (Å²) in [6.07, 6.45) is -6.67. The fourth-order valence-electron chi connectivity index (χ4n) is 3.66. The molecule has 0 atom stereocenters. The molecule has 37 heavy (non-hydrogen) atoms. The summed E-state index contributed by atoms with van der Waals surface area (Å²) < 4.78 is 115. The zero-order valence-corrected chi connectivity index (χ0v) is 19.9. The molecule has 0 aliphatic carbocycles. The first kappa shape index (κ1) is 26.9. The van der Waals surface area contributed by atoms with Crippen molar-refractivity contribution >= 4 is 10.0 Å². The summed E-state index contributed by atoms with van der Waals surface area (Å²) in [6, 6.07) is 7.15. The summed E-state index contributed by atoms with van der Waals surface area (Å²) in [4.78, 5) is 4.09. The molecule has 1 aliphatic rings. The van der Waals surface area contributed by atoms with Crippen molar-refractivity contribution < 1.29 is 44.2 Å². The number of pyridine rings is 1. The molecule has 0 unspecified atom stereocenters. The number of ether oxygens (including phenoxy) is 2. The Labute approximate surface area is 207 Å². The van der Waals surface area contributed by atoms with Gasteiger partial charge < -0.3 is 9.47 Å².